The normalized spacial score (nSPS) is 12.9. The zero-order chi connectivity index (χ0) is 14.8. The number of nitrogens with one attached hydrogen (secondary N) is 1. The van der Waals surface area contributed by atoms with Gasteiger partial charge in [0, 0.05) is 12.3 Å². The van der Waals surface area contributed by atoms with Crippen molar-refractivity contribution in [2.75, 3.05) is 11.6 Å². The van der Waals surface area contributed by atoms with Gasteiger partial charge in [-0.3, -0.25) is 0 Å². The maximum atomic E-state index is 11.8. The maximum absolute atomic E-state index is 11.8. The minimum atomic E-state index is -3.23. The molecule has 2 aromatic rings. The molecular formula is C16H19NO2S. The maximum Gasteiger partial charge on any atom is 0.177 e. The predicted octanol–water partition coefficient (Wildman–Crippen LogP) is 3.57. The van der Waals surface area contributed by atoms with Crippen LogP contribution in [0.4, 0.5) is 5.69 Å². The molecule has 0 amide bonds. The lowest BCUT2D eigenvalue weighted by Gasteiger charge is -2.18. The monoisotopic (exact) mass is 289 g/mol. The van der Waals surface area contributed by atoms with Crippen molar-refractivity contribution in [3.63, 3.8) is 0 Å². The van der Waals surface area contributed by atoms with Gasteiger partial charge in [-0.25, -0.2) is 8.42 Å². The number of para-hydroxylation sites is 1. The van der Waals surface area contributed by atoms with Gasteiger partial charge in [0.25, 0.3) is 0 Å². The summed E-state index contributed by atoms with van der Waals surface area (Å²) < 4.78 is 23.6. The van der Waals surface area contributed by atoms with Crippen molar-refractivity contribution in [2.45, 2.75) is 24.8 Å². The average Bonchev–Trinajstić information content (AvgIpc) is 2.38. The van der Waals surface area contributed by atoms with E-state index in [9.17, 15) is 8.42 Å². The first-order valence-corrected chi connectivity index (χ1v) is 8.39. The Morgan fingerprint density at radius 3 is 2.40 bits per heavy atom. The minimum absolute atomic E-state index is 0.0396. The Hall–Kier alpha value is -1.81. The Labute approximate surface area is 120 Å². The molecule has 2 rings (SSSR count). The van der Waals surface area contributed by atoms with Crippen LogP contribution in [-0.4, -0.2) is 14.7 Å². The second-order valence-electron chi connectivity index (χ2n) is 5.05. The Kier molecular flexibility index (Phi) is 4.14. The van der Waals surface area contributed by atoms with Gasteiger partial charge in [-0.15, -0.1) is 0 Å². The Morgan fingerprint density at radius 1 is 1.05 bits per heavy atom. The number of hydrogen-bond donors (Lipinski definition) is 1. The summed E-state index contributed by atoms with van der Waals surface area (Å²) in [7, 11) is -3.23. The molecule has 0 spiro atoms. The van der Waals surface area contributed by atoms with Crippen molar-refractivity contribution in [2.24, 2.45) is 0 Å². The molecule has 0 bridgehead atoms. The molecule has 0 saturated carbocycles. The summed E-state index contributed by atoms with van der Waals surface area (Å²) in [6.45, 7) is 4.06. The summed E-state index contributed by atoms with van der Waals surface area (Å²) in [5, 5.41) is 3.28. The molecule has 1 unspecified atom stereocenters. The number of rotatable bonds is 4. The van der Waals surface area contributed by atoms with Crippen molar-refractivity contribution >= 4 is 15.5 Å². The van der Waals surface area contributed by atoms with E-state index < -0.39 is 9.84 Å². The lowest BCUT2D eigenvalue weighted by atomic mass is 10.1. The lowest BCUT2D eigenvalue weighted by molar-refractivity contribution is 0.602. The Bertz CT molecular complexity index is 708. The summed E-state index contributed by atoms with van der Waals surface area (Å²) in [6.07, 6.45) is 1.23. The molecule has 0 aliphatic heterocycles. The quantitative estimate of drug-likeness (QED) is 0.936. The van der Waals surface area contributed by atoms with Crippen LogP contribution in [0.5, 0.6) is 0 Å². The molecule has 2 aromatic carbocycles. The first-order valence-electron chi connectivity index (χ1n) is 6.50. The zero-order valence-corrected chi connectivity index (χ0v) is 12.7. The number of anilines is 1. The fourth-order valence-corrected chi connectivity index (χ4v) is 3.02. The van der Waals surface area contributed by atoms with Gasteiger partial charge >= 0.3 is 0 Å². The Balaban J connectivity index is 2.31. The molecule has 0 fully saturated rings. The number of hydrogen-bond acceptors (Lipinski definition) is 3. The van der Waals surface area contributed by atoms with Crippen LogP contribution in [0.15, 0.2) is 53.4 Å². The van der Waals surface area contributed by atoms with E-state index >= 15 is 0 Å². The molecule has 106 valence electrons. The van der Waals surface area contributed by atoms with Crippen LogP contribution in [0.2, 0.25) is 0 Å². The number of aryl methyl sites for hydroxylation is 1. The van der Waals surface area contributed by atoms with Gasteiger partial charge in [-0.2, -0.15) is 0 Å². The van der Waals surface area contributed by atoms with Gasteiger partial charge in [-0.05, 0) is 31.5 Å². The van der Waals surface area contributed by atoms with Crippen LogP contribution < -0.4 is 5.32 Å². The van der Waals surface area contributed by atoms with Gasteiger partial charge in [0.2, 0.25) is 0 Å². The summed E-state index contributed by atoms with van der Waals surface area (Å²) in [5.41, 5.74) is 2.96. The number of benzene rings is 2. The van der Waals surface area contributed by atoms with Crippen molar-refractivity contribution in [1.29, 1.82) is 0 Å². The fraction of sp³-hybridized carbons (Fsp3) is 0.250. The van der Waals surface area contributed by atoms with Crippen molar-refractivity contribution in [3.05, 3.63) is 59.7 Å². The largest absolute Gasteiger partial charge is 0.377 e. The third-order valence-corrected chi connectivity index (χ3v) is 4.36. The minimum Gasteiger partial charge on any atom is -0.377 e. The first kappa shape index (κ1) is 14.6. The molecule has 3 nitrogen and oxygen atoms in total. The average molecular weight is 289 g/mol. The topological polar surface area (TPSA) is 46.2 Å². The molecule has 1 N–H and O–H groups in total. The smallest absolute Gasteiger partial charge is 0.177 e. The van der Waals surface area contributed by atoms with Gasteiger partial charge in [0.1, 0.15) is 0 Å². The SMILES string of the molecule is Cc1cccc(C(C)Nc2ccccc2S(C)(=O)=O)c1. The molecule has 4 heteroatoms. The summed E-state index contributed by atoms with van der Waals surface area (Å²) >= 11 is 0. The van der Waals surface area contributed by atoms with Crippen molar-refractivity contribution in [1.82, 2.24) is 0 Å². The number of sulfone groups is 1. The third-order valence-electron chi connectivity index (χ3n) is 3.20. The van der Waals surface area contributed by atoms with Crippen LogP contribution in [0, 0.1) is 6.92 Å². The van der Waals surface area contributed by atoms with E-state index in [0.29, 0.717) is 10.6 Å². The van der Waals surface area contributed by atoms with E-state index in [0.717, 1.165) is 5.56 Å². The molecule has 0 heterocycles. The highest BCUT2D eigenvalue weighted by molar-refractivity contribution is 7.90. The fourth-order valence-electron chi connectivity index (χ4n) is 2.17. The summed E-state index contributed by atoms with van der Waals surface area (Å²) in [4.78, 5) is 0.333. The van der Waals surface area contributed by atoms with Crippen molar-refractivity contribution in [3.8, 4) is 0 Å². The molecule has 0 aromatic heterocycles. The van der Waals surface area contributed by atoms with Gasteiger partial charge in [-0.1, -0.05) is 42.0 Å². The lowest BCUT2D eigenvalue weighted by Crippen LogP contribution is -2.10. The molecule has 20 heavy (non-hydrogen) atoms. The van der Waals surface area contributed by atoms with E-state index in [2.05, 4.69) is 11.4 Å². The highest BCUT2D eigenvalue weighted by Crippen LogP contribution is 2.25. The molecule has 0 saturated heterocycles. The molecule has 1 atom stereocenters. The third kappa shape index (κ3) is 3.39. The van der Waals surface area contributed by atoms with E-state index in [-0.39, 0.29) is 6.04 Å². The van der Waals surface area contributed by atoms with E-state index in [1.54, 1.807) is 18.2 Å². The summed E-state index contributed by atoms with van der Waals surface area (Å²) in [6, 6.07) is 15.2. The second kappa shape index (κ2) is 5.67. The van der Waals surface area contributed by atoms with Gasteiger partial charge in [0.05, 0.1) is 10.6 Å². The predicted molar refractivity (Wildman–Crippen MR) is 82.8 cm³/mol. The molecule has 0 radical (unpaired) electrons. The highest BCUT2D eigenvalue weighted by Gasteiger charge is 2.14. The van der Waals surface area contributed by atoms with E-state index in [4.69, 9.17) is 0 Å². The van der Waals surface area contributed by atoms with Gasteiger partial charge in [0.15, 0.2) is 9.84 Å². The second-order valence-corrected chi connectivity index (χ2v) is 7.03. The first-order chi connectivity index (χ1) is 9.38. The van der Waals surface area contributed by atoms with Crippen LogP contribution in [0.25, 0.3) is 0 Å². The Morgan fingerprint density at radius 2 is 1.75 bits per heavy atom. The van der Waals surface area contributed by atoms with Crippen LogP contribution in [0.3, 0.4) is 0 Å². The van der Waals surface area contributed by atoms with E-state index in [1.165, 1.54) is 11.8 Å². The van der Waals surface area contributed by atoms with Crippen LogP contribution in [-0.2, 0) is 9.84 Å². The molecular weight excluding hydrogens is 270 g/mol. The van der Waals surface area contributed by atoms with E-state index in [1.807, 2.05) is 38.1 Å². The van der Waals surface area contributed by atoms with Crippen LogP contribution in [0.1, 0.15) is 24.1 Å². The van der Waals surface area contributed by atoms with Gasteiger partial charge < -0.3 is 5.32 Å². The zero-order valence-electron chi connectivity index (χ0n) is 11.9. The highest BCUT2D eigenvalue weighted by atomic mass is 32.2. The van der Waals surface area contributed by atoms with Crippen molar-refractivity contribution < 1.29 is 8.42 Å². The molecule has 0 aliphatic rings. The van der Waals surface area contributed by atoms with Crippen LogP contribution >= 0.6 is 0 Å². The summed E-state index contributed by atoms with van der Waals surface area (Å²) in [5.74, 6) is 0. The standard InChI is InChI=1S/C16H19NO2S/c1-12-7-6-8-14(11-12)13(2)17-15-9-4-5-10-16(15)20(3,18)19/h4-11,13,17H,1-3H3. The molecule has 0 aliphatic carbocycles.